The number of nitrogen functional groups attached to an aromatic ring is 1. The summed E-state index contributed by atoms with van der Waals surface area (Å²) in [5.74, 6) is 1.96. The van der Waals surface area contributed by atoms with Gasteiger partial charge in [0.15, 0.2) is 15.8 Å². The van der Waals surface area contributed by atoms with Crippen molar-refractivity contribution in [2.24, 2.45) is 11.8 Å². The zero-order valence-electron chi connectivity index (χ0n) is 62.3. The van der Waals surface area contributed by atoms with Crippen molar-refractivity contribution in [3.05, 3.63) is 172 Å². The predicted molar refractivity (Wildman–Crippen MR) is 407 cm³/mol. The van der Waals surface area contributed by atoms with Crippen LogP contribution in [0.3, 0.4) is 0 Å². The van der Waals surface area contributed by atoms with Crippen LogP contribution in [-0.4, -0.2) is 158 Å². The number of hydrogen-bond donors (Lipinski definition) is 5. The number of nitrogens with two attached hydrogens (primary N) is 1. The van der Waals surface area contributed by atoms with Crippen LogP contribution in [0.15, 0.2) is 98.1 Å². The largest absolute Gasteiger partial charge is 0.373 e. The maximum atomic E-state index is 11.6. The van der Waals surface area contributed by atoms with Crippen LogP contribution in [0.5, 0.6) is 0 Å². The van der Waals surface area contributed by atoms with E-state index in [-0.39, 0.29) is 59.3 Å². The van der Waals surface area contributed by atoms with Crippen molar-refractivity contribution in [1.82, 2.24) is 97.5 Å². The highest BCUT2D eigenvalue weighted by atomic mass is 32.2. The summed E-state index contributed by atoms with van der Waals surface area (Å²) in [7, 11) is -0.186. The molecule has 0 saturated heterocycles. The molecule has 0 radical (unpaired) electrons. The van der Waals surface area contributed by atoms with Crippen molar-refractivity contribution >= 4 is 62.2 Å². The predicted octanol–water partition coefficient (Wildman–Crippen LogP) is 10.8. The number of fused-ring (bicyclic) bond motifs is 4. The summed E-state index contributed by atoms with van der Waals surface area (Å²) >= 11 is 0. The van der Waals surface area contributed by atoms with E-state index in [0.717, 1.165) is 97.0 Å². The monoisotopic (exact) mass is 1530 g/mol. The summed E-state index contributed by atoms with van der Waals surface area (Å²) in [5.41, 5.74) is 18.9. The van der Waals surface area contributed by atoms with Gasteiger partial charge in [-0.05, 0) is 114 Å². The molecule has 0 aliphatic heterocycles. The molecule has 0 spiro atoms. The molecule has 37 heteroatoms. The molecule has 16 rings (SSSR count). The van der Waals surface area contributed by atoms with E-state index in [1.165, 1.54) is 38.5 Å². The average molecular weight is 1530 g/mol. The molecule has 12 aromatic rings. The Morgan fingerprint density at radius 2 is 0.884 bits per heavy atom. The average Bonchev–Trinajstić information content (AvgIpc) is 1.39. The number of aromatic nitrogens is 20. The number of nitrogens with zero attached hydrogens (tertiary/aromatic N) is 26. The molecule has 0 aromatic carbocycles. The minimum Gasteiger partial charge on any atom is -0.367 e. The molecule has 0 amide bonds. The fraction of sp³-hybridized carbons (Fsp3) is 0.413. The Bertz CT molecular complexity index is 5670. The van der Waals surface area contributed by atoms with Crippen molar-refractivity contribution < 1.29 is 27.9 Å². The van der Waals surface area contributed by atoms with E-state index in [1.54, 1.807) is 41.7 Å². The fourth-order valence-corrected chi connectivity index (χ4v) is 15.7. The first kappa shape index (κ1) is 79.4. The van der Waals surface area contributed by atoms with Crippen molar-refractivity contribution in [3.63, 3.8) is 0 Å². The molecule has 36 nitrogen and oxygen atoms in total. The van der Waals surface area contributed by atoms with Crippen molar-refractivity contribution in [2.75, 3.05) is 43.6 Å². The second-order valence-corrected chi connectivity index (χ2v) is 29.5. The van der Waals surface area contributed by atoms with E-state index in [0.29, 0.717) is 81.0 Å². The third-order valence-electron chi connectivity index (χ3n) is 20.8. The zero-order chi connectivity index (χ0) is 80.0. The summed E-state index contributed by atoms with van der Waals surface area (Å²) < 4.78 is 43.0. The van der Waals surface area contributed by atoms with Gasteiger partial charge >= 0.3 is 12.3 Å². The molecule has 6 N–H and O–H groups in total. The van der Waals surface area contributed by atoms with Gasteiger partial charge in [-0.3, -0.25) is 18.7 Å². The molecule has 4 aliphatic carbocycles. The topological polar surface area (TPSA) is 437 Å². The Labute approximate surface area is 643 Å². The smallest absolute Gasteiger partial charge is 0.367 e. The van der Waals surface area contributed by atoms with Crippen LogP contribution in [0.1, 0.15) is 131 Å². The number of carbonyl (C=O) groups excluding carboxylic acids is 4. The van der Waals surface area contributed by atoms with Gasteiger partial charge in [0.1, 0.15) is 39.6 Å². The SMILES string of the molecule is Cc1ccc2c(-c3cnn(C(CC#N)C4CCCC4)c3)nc(CS(=N)(=O)O)nn12.Cc1ccc2c(-c3cnn(C(CC#N)C4CCCC4)c3)nc(N)nn12.O=C=O.O=C=O.[C-]#[N+]CC1(n2cc(-c3nc(NC)nn4c(C)ccc34)cn2)CC([N+]#[C-])C1.[C-]#[N+]CC1(n2cc(-c3nc(NC)nn4c(C)ccc34)cn2)CC([N+]#[C-])C1. The highest BCUT2D eigenvalue weighted by Gasteiger charge is 2.55. The minimum atomic E-state index is -3.76. The maximum Gasteiger partial charge on any atom is 0.373 e. The van der Waals surface area contributed by atoms with E-state index in [4.69, 9.17) is 56.0 Å². The summed E-state index contributed by atoms with van der Waals surface area (Å²) in [5, 5.41) is 60.2. The van der Waals surface area contributed by atoms with Crippen molar-refractivity contribution in [1.29, 1.82) is 15.3 Å². The van der Waals surface area contributed by atoms with Gasteiger partial charge < -0.3 is 40.3 Å². The first-order chi connectivity index (χ1) is 54.0. The molecule has 572 valence electrons. The van der Waals surface area contributed by atoms with Crippen molar-refractivity contribution in [3.8, 4) is 57.2 Å². The second kappa shape index (κ2) is 34.7. The number of aryl methyl sites for hydroxylation is 4. The summed E-state index contributed by atoms with van der Waals surface area (Å²) in [6, 6.07) is 20.5. The quantitative estimate of drug-likeness (QED) is 0.0498. The van der Waals surface area contributed by atoms with Gasteiger partial charge in [0.25, 0.3) is 0 Å². The normalized spacial score (nSPS) is 18.5. The first-order valence-corrected chi connectivity index (χ1v) is 37.6. The zero-order valence-corrected chi connectivity index (χ0v) is 63.1. The number of nitrogens with one attached hydrogen (secondary N) is 3. The molecule has 0 bridgehead atoms. The first-order valence-electron chi connectivity index (χ1n) is 35.9. The van der Waals surface area contributed by atoms with Gasteiger partial charge in [-0.2, -0.15) is 55.2 Å². The molecule has 4 fully saturated rings. The molecule has 4 aliphatic rings. The van der Waals surface area contributed by atoms with E-state index >= 15 is 0 Å². The van der Waals surface area contributed by atoms with E-state index in [1.807, 2.05) is 135 Å². The van der Waals surface area contributed by atoms with Gasteiger partial charge in [0.2, 0.25) is 43.0 Å². The Hall–Kier alpha value is -13.7. The molecule has 4 saturated carbocycles. The standard InChI is InChI=1S/C19H23N7O2S.2C18H18N8.C18H21N7.2CO2/c1-13-6-7-17-19(23-18(24-26(13)17)12-29(21,27)28)15-10-22-25(11-15)16(8-9-20)14-4-2-3-5-14;2*1-12-5-6-15-16(23-17(21-4)24-26(12)15)13-9-22-25(10-13)18(11-19-2)7-14(8-18)20-3;1-12-6-7-16-17(22-18(20)23-25(12)16)14-10-21-24(11-14)15(8-9-19)13-4-2-3-5-13;2*2-1-3/h6-7,10-11,14,16H,2-5,8,12H2,1H3,(H2,21,27,28);2*5-6,9-10,14H,7-8,11H2,1,4H3,(H,21,24);6-7,10-11,13,15H,2-5,8H2,1H3,(H2,20,23);;. The molecule has 3 atom stereocenters. The summed E-state index contributed by atoms with van der Waals surface area (Å²) in [4.78, 5) is 65.0. The molecular weight excluding hydrogens is 1450 g/mol. The number of anilines is 3. The Kier molecular flexibility index (Phi) is 24.6. The maximum absolute atomic E-state index is 11.6. The van der Waals surface area contributed by atoms with Crippen LogP contribution < -0.4 is 16.4 Å². The second-order valence-electron chi connectivity index (χ2n) is 28.0. The lowest BCUT2D eigenvalue weighted by atomic mass is 9.73. The Balaban J connectivity index is 0.000000144. The third-order valence-corrected chi connectivity index (χ3v) is 21.5. The lowest BCUT2D eigenvalue weighted by molar-refractivity contribution is -0.193. The highest BCUT2D eigenvalue weighted by Crippen LogP contribution is 2.45. The number of nitriles is 2. The fourth-order valence-electron chi connectivity index (χ4n) is 15.3. The number of hydrogen-bond acceptors (Lipinski definition) is 23. The van der Waals surface area contributed by atoms with Gasteiger partial charge in [-0.1, -0.05) is 25.7 Å². The van der Waals surface area contributed by atoms with Crippen LogP contribution >= 0.6 is 0 Å². The van der Waals surface area contributed by atoms with Crippen LogP contribution in [0.2, 0.25) is 0 Å². The lowest BCUT2D eigenvalue weighted by Gasteiger charge is -2.37. The van der Waals surface area contributed by atoms with E-state index in [9.17, 15) is 19.3 Å². The van der Waals surface area contributed by atoms with Crippen molar-refractivity contribution in [2.45, 2.75) is 159 Å². The van der Waals surface area contributed by atoms with E-state index < -0.39 is 15.8 Å². The minimum absolute atomic E-state index is 0.0145. The number of rotatable bonds is 18. The summed E-state index contributed by atoms with van der Waals surface area (Å²) in [6.07, 6.45) is 28.3. The van der Waals surface area contributed by atoms with Gasteiger partial charge in [0, 0.05) is 83.9 Å². The Morgan fingerprint density at radius 1 is 0.545 bits per heavy atom. The molecule has 112 heavy (non-hydrogen) atoms. The van der Waals surface area contributed by atoms with Crippen LogP contribution in [0.4, 0.5) is 17.8 Å². The molecule has 3 unspecified atom stereocenters. The van der Waals surface area contributed by atoms with Gasteiger partial charge in [0.05, 0.1) is 110 Å². The summed E-state index contributed by atoms with van der Waals surface area (Å²) in [6.45, 7) is 37.5. The van der Waals surface area contributed by atoms with Gasteiger partial charge in [-0.15, -0.1) is 15.3 Å². The lowest BCUT2D eigenvalue weighted by Crippen LogP contribution is -2.50. The molecular formula is C75H80N30O6S. The third kappa shape index (κ3) is 16.9. The van der Waals surface area contributed by atoms with Crippen LogP contribution in [0, 0.1) is 93.3 Å². The van der Waals surface area contributed by atoms with Crippen LogP contribution in [0.25, 0.3) is 86.5 Å². The molecule has 12 heterocycles. The van der Waals surface area contributed by atoms with E-state index in [2.05, 4.69) is 103 Å². The van der Waals surface area contributed by atoms with Gasteiger partial charge in [-0.25, -0.2) is 73.3 Å². The Morgan fingerprint density at radius 3 is 1.23 bits per heavy atom. The molecule has 12 aromatic heterocycles. The van der Waals surface area contributed by atoms with Crippen LogP contribution in [-0.2, 0) is 46.0 Å². The highest BCUT2D eigenvalue weighted by molar-refractivity contribution is 7.86.